The van der Waals surface area contributed by atoms with Crippen molar-refractivity contribution in [3.8, 4) is 0 Å². The highest BCUT2D eigenvalue weighted by molar-refractivity contribution is 7.99. The van der Waals surface area contributed by atoms with Crippen LogP contribution in [0.15, 0.2) is 58.3 Å². The second kappa shape index (κ2) is 7.09. The van der Waals surface area contributed by atoms with Gasteiger partial charge >= 0.3 is 5.97 Å². The first-order valence-electron chi connectivity index (χ1n) is 7.90. The van der Waals surface area contributed by atoms with Gasteiger partial charge in [-0.1, -0.05) is 36.0 Å². The topological polar surface area (TPSA) is 66.4 Å². The third-order valence-corrected chi connectivity index (χ3v) is 5.24. The molecular weight excluding hydrogens is 322 g/mol. The maximum atomic E-state index is 12.6. The quantitative estimate of drug-likeness (QED) is 0.869. The van der Waals surface area contributed by atoms with Crippen molar-refractivity contribution in [2.45, 2.75) is 35.6 Å². The standard InChI is InChI=1S/C19H19NO3S/c1-12-7-8-16(17(9-12)24-15-5-3-2-4-6-15)18(21)20-14-10-13(11-14)19(22)23/h2-9,13-14H,10-11H2,1H3,(H,20,21)(H,22,23). The van der Waals surface area contributed by atoms with E-state index in [9.17, 15) is 9.59 Å². The number of benzene rings is 2. The SMILES string of the molecule is Cc1ccc(C(=O)NC2CC(C(=O)O)C2)c(Sc2ccccc2)c1. The first-order valence-corrected chi connectivity index (χ1v) is 8.72. The first-order chi connectivity index (χ1) is 11.5. The lowest BCUT2D eigenvalue weighted by Crippen LogP contribution is -2.46. The van der Waals surface area contributed by atoms with Crippen LogP contribution in [-0.4, -0.2) is 23.0 Å². The predicted octanol–water partition coefficient (Wildman–Crippen LogP) is 3.74. The van der Waals surface area contributed by atoms with Gasteiger partial charge in [0.15, 0.2) is 0 Å². The van der Waals surface area contributed by atoms with Gasteiger partial charge in [0.05, 0.1) is 11.5 Å². The lowest BCUT2D eigenvalue weighted by Gasteiger charge is -2.33. The molecule has 1 aliphatic rings. The fraction of sp³-hybridized carbons (Fsp3) is 0.263. The summed E-state index contributed by atoms with van der Waals surface area (Å²) in [5, 5.41) is 11.9. The average Bonchev–Trinajstić information content (AvgIpc) is 2.51. The van der Waals surface area contributed by atoms with Gasteiger partial charge in [-0.3, -0.25) is 9.59 Å². The molecule has 124 valence electrons. The van der Waals surface area contributed by atoms with Crippen LogP contribution in [0.5, 0.6) is 0 Å². The van der Waals surface area contributed by atoms with E-state index in [-0.39, 0.29) is 17.9 Å². The van der Waals surface area contributed by atoms with Gasteiger partial charge in [-0.25, -0.2) is 0 Å². The van der Waals surface area contributed by atoms with Gasteiger partial charge in [-0.05, 0) is 49.6 Å². The highest BCUT2D eigenvalue weighted by Gasteiger charge is 2.35. The molecule has 1 amide bonds. The van der Waals surface area contributed by atoms with E-state index >= 15 is 0 Å². The van der Waals surface area contributed by atoms with E-state index in [1.165, 1.54) is 0 Å². The molecule has 1 saturated carbocycles. The molecular formula is C19H19NO3S. The summed E-state index contributed by atoms with van der Waals surface area (Å²) in [7, 11) is 0. The normalized spacial score (nSPS) is 19.4. The van der Waals surface area contributed by atoms with Crippen molar-refractivity contribution in [1.29, 1.82) is 0 Å². The summed E-state index contributed by atoms with van der Waals surface area (Å²) in [6, 6.07) is 15.6. The Morgan fingerprint density at radius 1 is 1.12 bits per heavy atom. The zero-order chi connectivity index (χ0) is 17.1. The average molecular weight is 341 g/mol. The van der Waals surface area contributed by atoms with E-state index in [0.717, 1.165) is 15.4 Å². The second-order valence-corrected chi connectivity index (χ2v) is 7.21. The second-order valence-electron chi connectivity index (χ2n) is 6.09. The van der Waals surface area contributed by atoms with Crippen molar-refractivity contribution in [3.63, 3.8) is 0 Å². The van der Waals surface area contributed by atoms with Crippen molar-refractivity contribution in [3.05, 3.63) is 59.7 Å². The molecule has 0 aliphatic heterocycles. The first kappa shape index (κ1) is 16.6. The van der Waals surface area contributed by atoms with Gasteiger partial charge in [0.25, 0.3) is 5.91 Å². The van der Waals surface area contributed by atoms with Gasteiger partial charge in [0, 0.05) is 15.8 Å². The Bertz CT molecular complexity index is 754. The third-order valence-electron chi connectivity index (χ3n) is 4.18. The summed E-state index contributed by atoms with van der Waals surface area (Å²) in [6.45, 7) is 2.00. The van der Waals surface area contributed by atoms with E-state index in [2.05, 4.69) is 5.32 Å². The van der Waals surface area contributed by atoms with Crippen LogP contribution >= 0.6 is 11.8 Å². The molecule has 24 heavy (non-hydrogen) atoms. The van der Waals surface area contributed by atoms with E-state index in [0.29, 0.717) is 18.4 Å². The molecule has 2 aromatic carbocycles. The molecule has 4 nitrogen and oxygen atoms in total. The summed E-state index contributed by atoms with van der Waals surface area (Å²) in [4.78, 5) is 25.4. The van der Waals surface area contributed by atoms with Gasteiger partial charge in [-0.15, -0.1) is 0 Å². The zero-order valence-electron chi connectivity index (χ0n) is 13.4. The lowest BCUT2D eigenvalue weighted by molar-refractivity contribution is -0.145. The Labute approximate surface area is 145 Å². The minimum Gasteiger partial charge on any atom is -0.481 e. The molecule has 0 bridgehead atoms. The molecule has 0 atom stereocenters. The summed E-state index contributed by atoms with van der Waals surface area (Å²) < 4.78 is 0. The van der Waals surface area contributed by atoms with Gasteiger partial charge in [0.2, 0.25) is 0 Å². The number of carboxylic acid groups (broad SMARTS) is 1. The van der Waals surface area contributed by atoms with Crippen molar-refractivity contribution >= 4 is 23.6 Å². The van der Waals surface area contributed by atoms with Crippen molar-refractivity contribution in [1.82, 2.24) is 5.32 Å². The highest BCUT2D eigenvalue weighted by Crippen LogP contribution is 2.32. The Morgan fingerprint density at radius 3 is 2.50 bits per heavy atom. The molecule has 0 aromatic heterocycles. The van der Waals surface area contributed by atoms with Crippen LogP contribution in [0, 0.1) is 12.8 Å². The van der Waals surface area contributed by atoms with Gasteiger partial charge in [0.1, 0.15) is 0 Å². The van der Waals surface area contributed by atoms with Crippen LogP contribution < -0.4 is 5.32 Å². The molecule has 2 aromatic rings. The highest BCUT2D eigenvalue weighted by atomic mass is 32.2. The van der Waals surface area contributed by atoms with Gasteiger partial charge < -0.3 is 10.4 Å². The summed E-state index contributed by atoms with van der Waals surface area (Å²) >= 11 is 1.56. The van der Waals surface area contributed by atoms with Crippen LogP contribution in [0.25, 0.3) is 0 Å². The molecule has 2 N–H and O–H groups in total. The van der Waals surface area contributed by atoms with E-state index < -0.39 is 5.97 Å². The van der Waals surface area contributed by atoms with E-state index in [4.69, 9.17) is 5.11 Å². The number of carbonyl (C=O) groups excluding carboxylic acids is 1. The lowest BCUT2D eigenvalue weighted by atomic mass is 9.80. The van der Waals surface area contributed by atoms with Crippen LogP contribution in [0.3, 0.4) is 0 Å². The fourth-order valence-electron chi connectivity index (χ4n) is 2.72. The molecule has 0 spiro atoms. The fourth-order valence-corrected chi connectivity index (χ4v) is 3.78. The molecule has 0 heterocycles. The van der Waals surface area contributed by atoms with Gasteiger partial charge in [-0.2, -0.15) is 0 Å². The summed E-state index contributed by atoms with van der Waals surface area (Å²) in [5.74, 6) is -1.25. The molecule has 0 unspecified atom stereocenters. The Kier molecular flexibility index (Phi) is 4.90. The number of rotatable bonds is 5. The number of nitrogens with one attached hydrogen (secondary N) is 1. The predicted molar refractivity (Wildman–Crippen MR) is 93.4 cm³/mol. The maximum absolute atomic E-state index is 12.6. The third kappa shape index (κ3) is 3.79. The smallest absolute Gasteiger partial charge is 0.306 e. The van der Waals surface area contributed by atoms with Crippen molar-refractivity contribution in [2.75, 3.05) is 0 Å². The molecule has 1 fully saturated rings. The largest absolute Gasteiger partial charge is 0.481 e. The molecule has 5 heteroatoms. The number of hydrogen-bond acceptors (Lipinski definition) is 3. The molecule has 3 rings (SSSR count). The van der Waals surface area contributed by atoms with Crippen LogP contribution in [0.1, 0.15) is 28.8 Å². The Balaban J connectivity index is 1.73. The molecule has 0 saturated heterocycles. The van der Waals surface area contributed by atoms with Crippen LogP contribution in [-0.2, 0) is 4.79 Å². The van der Waals surface area contributed by atoms with E-state index in [1.807, 2.05) is 55.5 Å². The van der Waals surface area contributed by atoms with Crippen molar-refractivity contribution in [2.24, 2.45) is 5.92 Å². The monoisotopic (exact) mass is 341 g/mol. The van der Waals surface area contributed by atoms with Crippen LogP contribution in [0.2, 0.25) is 0 Å². The number of aliphatic carboxylic acids is 1. The zero-order valence-corrected chi connectivity index (χ0v) is 14.2. The minimum atomic E-state index is -0.781. The summed E-state index contributed by atoms with van der Waals surface area (Å²) in [5.41, 5.74) is 1.73. The number of carboxylic acids is 1. The number of carbonyl (C=O) groups is 2. The number of amides is 1. The summed E-state index contributed by atoms with van der Waals surface area (Å²) in [6.07, 6.45) is 1.02. The maximum Gasteiger partial charge on any atom is 0.306 e. The number of hydrogen-bond donors (Lipinski definition) is 2. The Hall–Kier alpha value is -2.27. The minimum absolute atomic E-state index is 0.0468. The number of aryl methyl sites for hydroxylation is 1. The Morgan fingerprint density at radius 2 is 1.83 bits per heavy atom. The molecule has 1 aliphatic carbocycles. The van der Waals surface area contributed by atoms with Crippen LogP contribution in [0.4, 0.5) is 0 Å². The van der Waals surface area contributed by atoms with E-state index in [1.54, 1.807) is 11.8 Å². The molecule has 0 radical (unpaired) electrons. The van der Waals surface area contributed by atoms with Crippen molar-refractivity contribution < 1.29 is 14.7 Å².